The van der Waals surface area contributed by atoms with Gasteiger partial charge in [-0.3, -0.25) is 5.43 Å². The smallest absolute Gasteiger partial charge is 0.162 e. The zero-order valence-corrected chi connectivity index (χ0v) is 15.4. The van der Waals surface area contributed by atoms with Crippen molar-refractivity contribution in [3.8, 4) is 11.5 Å². The summed E-state index contributed by atoms with van der Waals surface area (Å²) in [6, 6.07) is 19.5. The van der Waals surface area contributed by atoms with Crippen LogP contribution in [0.25, 0.3) is 0 Å². The molecule has 3 rings (SSSR count). The van der Waals surface area contributed by atoms with Gasteiger partial charge in [0, 0.05) is 5.56 Å². The van der Waals surface area contributed by atoms with Crippen LogP contribution in [0.3, 0.4) is 0 Å². The fraction of sp³-hybridized carbons (Fsp3) is 0.0952. The number of ether oxygens (including phenoxy) is 2. The number of anilines is 1. The molecule has 3 aromatic carbocycles. The Balaban J connectivity index is 1.73. The molecule has 0 aliphatic heterocycles. The van der Waals surface area contributed by atoms with Crippen LogP contribution in [0.2, 0.25) is 5.02 Å². The lowest BCUT2D eigenvalue weighted by atomic mass is 10.2. The monoisotopic (exact) mass is 384 g/mol. The summed E-state index contributed by atoms with van der Waals surface area (Å²) in [4.78, 5) is 0. The van der Waals surface area contributed by atoms with E-state index in [1.54, 1.807) is 37.6 Å². The van der Waals surface area contributed by atoms with Crippen molar-refractivity contribution >= 4 is 23.5 Å². The van der Waals surface area contributed by atoms with Crippen LogP contribution < -0.4 is 14.9 Å². The number of benzene rings is 3. The lowest BCUT2D eigenvalue weighted by Gasteiger charge is -2.12. The van der Waals surface area contributed by atoms with Gasteiger partial charge in [0.2, 0.25) is 0 Å². The number of halogens is 2. The zero-order chi connectivity index (χ0) is 19.1. The highest BCUT2D eigenvalue weighted by Gasteiger charge is 2.10. The van der Waals surface area contributed by atoms with E-state index in [4.69, 9.17) is 21.1 Å². The number of nitrogens with zero attached hydrogens (tertiary/aromatic N) is 1. The van der Waals surface area contributed by atoms with Crippen LogP contribution in [0, 0.1) is 5.82 Å². The van der Waals surface area contributed by atoms with Gasteiger partial charge in [0.05, 0.1) is 24.0 Å². The van der Waals surface area contributed by atoms with Gasteiger partial charge in [-0.2, -0.15) is 5.10 Å². The minimum absolute atomic E-state index is 0.00920. The van der Waals surface area contributed by atoms with Crippen LogP contribution in [0.15, 0.2) is 71.8 Å². The van der Waals surface area contributed by atoms with Gasteiger partial charge in [-0.05, 0) is 48.0 Å². The summed E-state index contributed by atoms with van der Waals surface area (Å²) < 4.78 is 25.0. The molecule has 0 amide bonds. The van der Waals surface area contributed by atoms with E-state index in [0.717, 1.165) is 11.3 Å². The van der Waals surface area contributed by atoms with Crippen molar-refractivity contribution in [3.05, 3.63) is 88.7 Å². The second-order valence-electron chi connectivity index (χ2n) is 5.64. The third-order valence-electron chi connectivity index (χ3n) is 3.80. The number of para-hydroxylation sites is 1. The molecule has 0 atom stereocenters. The summed E-state index contributed by atoms with van der Waals surface area (Å²) in [5.41, 5.74) is 4.92. The number of hydrogen-bond donors (Lipinski definition) is 1. The predicted octanol–water partition coefficient (Wildman–Crippen LogP) is 5.51. The summed E-state index contributed by atoms with van der Waals surface area (Å²) >= 11 is 6.05. The molecule has 0 fully saturated rings. The third-order valence-corrected chi connectivity index (χ3v) is 4.16. The van der Waals surface area contributed by atoms with Gasteiger partial charge >= 0.3 is 0 Å². The average molecular weight is 385 g/mol. The molecular formula is C21H18ClFN2O2. The summed E-state index contributed by atoms with van der Waals surface area (Å²) in [6.07, 6.45) is 1.66. The van der Waals surface area contributed by atoms with Crippen molar-refractivity contribution in [3.63, 3.8) is 0 Å². The van der Waals surface area contributed by atoms with Crippen molar-refractivity contribution < 1.29 is 13.9 Å². The lowest BCUT2D eigenvalue weighted by molar-refractivity contribution is 0.280. The van der Waals surface area contributed by atoms with Crippen LogP contribution >= 0.6 is 11.6 Å². The summed E-state index contributed by atoms with van der Waals surface area (Å²) in [5, 5.41) is 4.52. The van der Waals surface area contributed by atoms with Crippen LogP contribution in [0.1, 0.15) is 11.1 Å². The molecule has 3 aromatic rings. The molecule has 0 aliphatic carbocycles. The first kappa shape index (κ1) is 18.7. The molecule has 0 saturated carbocycles. The molecular weight excluding hydrogens is 367 g/mol. The first-order valence-electron chi connectivity index (χ1n) is 8.25. The highest BCUT2D eigenvalue weighted by atomic mass is 35.5. The van der Waals surface area contributed by atoms with Gasteiger partial charge in [-0.1, -0.05) is 35.9 Å². The van der Waals surface area contributed by atoms with Crippen LogP contribution in [-0.4, -0.2) is 13.3 Å². The molecule has 0 saturated heterocycles. The maximum Gasteiger partial charge on any atom is 0.162 e. The fourth-order valence-corrected chi connectivity index (χ4v) is 2.62. The van der Waals surface area contributed by atoms with Crippen molar-refractivity contribution in [2.24, 2.45) is 5.10 Å². The van der Waals surface area contributed by atoms with E-state index in [0.29, 0.717) is 22.1 Å². The highest BCUT2D eigenvalue weighted by molar-refractivity contribution is 6.31. The van der Waals surface area contributed by atoms with Crippen LogP contribution in [0.5, 0.6) is 11.5 Å². The van der Waals surface area contributed by atoms with Gasteiger partial charge in [0.1, 0.15) is 12.4 Å². The van der Waals surface area contributed by atoms with E-state index < -0.39 is 5.82 Å². The second-order valence-corrected chi connectivity index (χ2v) is 6.04. The Labute approximate surface area is 162 Å². The van der Waals surface area contributed by atoms with E-state index in [1.165, 1.54) is 6.07 Å². The molecule has 138 valence electrons. The average Bonchev–Trinajstić information content (AvgIpc) is 2.68. The first-order chi connectivity index (χ1) is 13.2. The molecule has 27 heavy (non-hydrogen) atoms. The number of methoxy groups -OCH3 is 1. The Morgan fingerprint density at radius 2 is 1.85 bits per heavy atom. The first-order valence-corrected chi connectivity index (χ1v) is 8.63. The Morgan fingerprint density at radius 3 is 2.59 bits per heavy atom. The van der Waals surface area contributed by atoms with Gasteiger partial charge in [-0.25, -0.2) is 4.39 Å². The molecule has 6 heteroatoms. The molecule has 1 N–H and O–H groups in total. The lowest BCUT2D eigenvalue weighted by Crippen LogP contribution is -2.01. The molecule has 0 bridgehead atoms. The summed E-state index contributed by atoms with van der Waals surface area (Å²) in [6.45, 7) is -0.00920. The zero-order valence-electron chi connectivity index (χ0n) is 14.7. The quantitative estimate of drug-likeness (QED) is 0.431. The Hall–Kier alpha value is -3.05. The van der Waals surface area contributed by atoms with Gasteiger partial charge in [-0.15, -0.1) is 0 Å². The number of hydrogen-bond acceptors (Lipinski definition) is 4. The summed E-state index contributed by atoms with van der Waals surface area (Å²) in [5.74, 6) is 0.599. The van der Waals surface area contributed by atoms with E-state index in [2.05, 4.69) is 10.5 Å². The van der Waals surface area contributed by atoms with Gasteiger partial charge in [0.25, 0.3) is 0 Å². The minimum atomic E-state index is -0.411. The largest absolute Gasteiger partial charge is 0.493 e. The molecule has 0 radical (unpaired) electrons. The Morgan fingerprint density at radius 1 is 1.04 bits per heavy atom. The highest BCUT2D eigenvalue weighted by Crippen LogP contribution is 2.29. The number of nitrogens with one attached hydrogen (secondary N) is 1. The normalized spacial score (nSPS) is 10.8. The predicted molar refractivity (Wildman–Crippen MR) is 106 cm³/mol. The molecule has 0 heterocycles. The maximum atomic E-state index is 13.9. The number of hydrazone groups is 1. The topological polar surface area (TPSA) is 42.8 Å². The number of rotatable bonds is 7. The van der Waals surface area contributed by atoms with Crippen LogP contribution in [0.4, 0.5) is 10.1 Å². The molecule has 0 aliphatic rings. The third kappa shape index (κ3) is 4.99. The summed E-state index contributed by atoms with van der Waals surface area (Å²) in [7, 11) is 1.54. The van der Waals surface area contributed by atoms with Crippen LogP contribution in [-0.2, 0) is 6.61 Å². The standard InChI is InChI=1S/C21H18ClFN2O2/c1-26-20-11-10-15(13-24-25-16-6-3-2-4-7-16)12-21(20)27-14-17-18(22)8-5-9-19(17)23/h2-13,25H,14H2,1H3. The fourth-order valence-electron chi connectivity index (χ4n) is 2.40. The van der Waals surface area contributed by atoms with Crippen molar-refractivity contribution in [1.29, 1.82) is 0 Å². The second kappa shape index (κ2) is 9.05. The van der Waals surface area contributed by atoms with E-state index in [1.807, 2.05) is 36.4 Å². The molecule has 4 nitrogen and oxygen atoms in total. The van der Waals surface area contributed by atoms with E-state index in [-0.39, 0.29) is 6.61 Å². The van der Waals surface area contributed by atoms with Crippen molar-refractivity contribution in [1.82, 2.24) is 0 Å². The molecule has 0 aromatic heterocycles. The Kier molecular flexibility index (Phi) is 6.28. The Bertz CT molecular complexity index is 912. The maximum absolute atomic E-state index is 13.9. The SMILES string of the molecule is COc1ccc(C=NNc2ccccc2)cc1OCc1c(F)cccc1Cl. The van der Waals surface area contributed by atoms with E-state index >= 15 is 0 Å². The van der Waals surface area contributed by atoms with Gasteiger partial charge < -0.3 is 9.47 Å². The van der Waals surface area contributed by atoms with Gasteiger partial charge in [0.15, 0.2) is 11.5 Å². The molecule has 0 unspecified atom stereocenters. The van der Waals surface area contributed by atoms with E-state index in [9.17, 15) is 4.39 Å². The van der Waals surface area contributed by atoms with Crippen molar-refractivity contribution in [2.45, 2.75) is 6.61 Å². The minimum Gasteiger partial charge on any atom is -0.493 e. The molecule has 0 spiro atoms. The van der Waals surface area contributed by atoms with Crippen molar-refractivity contribution in [2.75, 3.05) is 12.5 Å².